The van der Waals surface area contributed by atoms with Crippen LogP contribution in [0.25, 0.3) is 0 Å². The third-order valence-electron chi connectivity index (χ3n) is 5.44. The molecule has 1 aromatic carbocycles. The molecule has 1 radical (unpaired) electrons. The molecular weight excluding hydrogens is 376 g/mol. The van der Waals surface area contributed by atoms with Gasteiger partial charge in [-0.1, -0.05) is 115 Å². The van der Waals surface area contributed by atoms with Gasteiger partial charge in [0.05, 0.1) is 13.7 Å². The summed E-state index contributed by atoms with van der Waals surface area (Å²) in [5, 5.41) is 0. The summed E-state index contributed by atoms with van der Waals surface area (Å²) in [7, 11) is 1.53. The maximum absolute atomic E-state index is 12.0. The molecule has 0 saturated carbocycles. The van der Waals surface area contributed by atoms with E-state index in [2.05, 4.69) is 6.92 Å². The summed E-state index contributed by atoms with van der Waals surface area (Å²) < 4.78 is 5.15. The average Bonchev–Trinajstić information content (AvgIpc) is 2.78. The van der Waals surface area contributed by atoms with Gasteiger partial charge in [0.15, 0.2) is 0 Å². The van der Waals surface area contributed by atoms with Crippen molar-refractivity contribution in [3.63, 3.8) is 0 Å². The van der Waals surface area contributed by atoms with Crippen LogP contribution < -0.4 is 4.74 Å². The van der Waals surface area contributed by atoms with Crippen LogP contribution in [0.3, 0.4) is 0 Å². The van der Waals surface area contributed by atoms with Crippen molar-refractivity contribution in [2.45, 2.75) is 103 Å². The van der Waals surface area contributed by atoms with E-state index >= 15 is 0 Å². The number of carbonyl (C=O) groups excluding carboxylic acids is 1. The lowest BCUT2D eigenvalue weighted by atomic mass is 10.0. The van der Waals surface area contributed by atoms with E-state index < -0.39 is 5.97 Å². The number of methoxy groups -OCH3 is 1. The van der Waals surface area contributed by atoms with Gasteiger partial charge in [0, 0.05) is 0 Å². The lowest BCUT2D eigenvalue weighted by Crippen LogP contribution is -2.08. The highest BCUT2D eigenvalue weighted by atomic mass is 17.2. The van der Waals surface area contributed by atoms with Gasteiger partial charge < -0.3 is 4.74 Å². The smallest absolute Gasteiger partial charge is 0.376 e. The largest absolute Gasteiger partial charge is 0.496 e. The van der Waals surface area contributed by atoms with Crippen LogP contribution in [0.1, 0.15) is 113 Å². The van der Waals surface area contributed by atoms with Crippen molar-refractivity contribution in [1.82, 2.24) is 0 Å². The van der Waals surface area contributed by atoms with Crippen LogP contribution >= 0.6 is 0 Å². The maximum Gasteiger partial charge on any atom is 0.376 e. The van der Waals surface area contributed by atoms with E-state index in [1.807, 2.05) is 6.07 Å². The third-order valence-corrected chi connectivity index (χ3v) is 5.44. The van der Waals surface area contributed by atoms with Crippen LogP contribution in [0.2, 0.25) is 0 Å². The predicted octanol–water partition coefficient (Wildman–Crippen LogP) is 7.86. The van der Waals surface area contributed by atoms with Crippen LogP contribution in [-0.4, -0.2) is 19.7 Å². The van der Waals surface area contributed by atoms with Crippen LogP contribution in [0.15, 0.2) is 24.3 Å². The molecule has 30 heavy (non-hydrogen) atoms. The molecule has 4 nitrogen and oxygen atoms in total. The SMILES string of the molecule is [CH2]CCCCCCCCCCCCCCCCCOOC(=O)c1ccccc1OC. The Morgan fingerprint density at radius 1 is 0.733 bits per heavy atom. The molecule has 0 aliphatic heterocycles. The highest BCUT2D eigenvalue weighted by Gasteiger charge is 2.13. The number of unbranched alkanes of at least 4 members (excludes halogenated alkanes) is 15. The second-order valence-electron chi connectivity index (χ2n) is 8.05. The molecule has 0 amide bonds. The minimum absolute atomic E-state index is 0.379. The van der Waals surface area contributed by atoms with Crippen LogP contribution in [0, 0.1) is 6.92 Å². The zero-order chi connectivity index (χ0) is 21.7. The van der Waals surface area contributed by atoms with Crippen molar-refractivity contribution in [3.8, 4) is 5.75 Å². The Kier molecular flexibility index (Phi) is 17.1. The fraction of sp³-hybridized carbons (Fsp3) is 0.692. The van der Waals surface area contributed by atoms with Gasteiger partial charge >= 0.3 is 5.97 Å². The highest BCUT2D eigenvalue weighted by molar-refractivity contribution is 5.92. The first-order valence-corrected chi connectivity index (χ1v) is 12.1. The Balaban J connectivity index is 1.82. The molecule has 0 unspecified atom stereocenters. The maximum atomic E-state index is 12.0. The summed E-state index contributed by atoms with van der Waals surface area (Å²) in [6.45, 7) is 4.33. The molecule has 0 spiro atoms. The molecule has 0 saturated heterocycles. The lowest BCUT2D eigenvalue weighted by Gasteiger charge is -2.07. The fourth-order valence-corrected chi connectivity index (χ4v) is 3.59. The molecular formula is C26H43O4. The summed E-state index contributed by atoms with van der Waals surface area (Å²) in [6, 6.07) is 6.97. The van der Waals surface area contributed by atoms with Crippen molar-refractivity contribution < 1.29 is 19.3 Å². The first-order chi connectivity index (χ1) is 14.8. The number of para-hydroxylation sites is 1. The molecule has 1 aromatic rings. The monoisotopic (exact) mass is 419 g/mol. The normalized spacial score (nSPS) is 10.9. The number of hydrogen-bond donors (Lipinski definition) is 0. The van der Waals surface area contributed by atoms with E-state index in [-0.39, 0.29) is 0 Å². The van der Waals surface area contributed by atoms with Crippen molar-refractivity contribution in [1.29, 1.82) is 0 Å². The summed E-state index contributed by atoms with van der Waals surface area (Å²) >= 11 is 0. The summed E-state index contributed by atoms with van der Waals surface area (Å²) in [6.07, 6.45) is 20.8. The quantitative estimate of drug-likeness (QED) is 0.123. The lowest BCUT2D eigenvalue weighted by molar-refractivity contribution is -0.241. The van der Waals surface area contributed by atoms with E-state index in [0.29, 0.717) is 17.9 Å². The number of benzene rings is 1. The summed E-state index contributed by atoms with van der Waals surface area (Å²) in [5.41, 5.74) is 0.379. The Morgan fingerprint density at radius 3 is 1.70 bits per heavy atom. The molecule has 0 N–H and O–H groups in total. The van der Waals surface area contributed by atoms with Gasteiger partial charge in [-0.05, 0) is 18.6 Å². The highest BCUT2D eigenvalue weighted by Crippen LogP contribution is 2.18. The minimum Gasteiger partial charge on any atom is -0.496 e. The van der Waals surface area contributed by atoms with Crippen LogP contribution in [-0.2, 0) is 9.78 Å². The van der Waals surface area contributed by atoms with Gasteiger partial charge in [-0.15, -0.1) is 0 Å². The molecule has 0 aliphatic carbocycles. The molecule has 4 heteroatoms. The Hall–Kier alpha value is -1.55. The minimum atomic E-state index is -0.513. The van der Waals surface area contributed by atoms with Gasteiger partial charge in [0.25, 0.3) is 0 Å². The van der Waals surface area contributed by atoms with Crippen molar-refractivity contribution in [2.24, 2.45) is 0 Å². The summed E-state index contributed by atoms with van der Waals surface area (Å²) in [4.78, 5) is 21.9. The molecule has 0 bridgehead atoms. The van der Waals surface area contributed by atoms with Crippen molar-refractivity contribution >= 4 is 5.97 Å². The van der Waals surface area contributed by atoms with E-state index in [4.69, 9.17) is 14.5 Å². The zero-order valence-corrected chi connectivity index (χ0v) is 19.2. The Labute approximate surface area is 184 Å². The topological polar surface area (TPSA) is 44.8 Å². The standard InChI is InChI=1S/C26H43O4/c1-3-4-5-6-7-8-9-10-11-12-13-14-15-16-17-20-23-29-30-26(27)24-21-18-19-22-25(24)28-2/h18-19,21-22H,1,3-17,20,23H2,2H3. The molecule has 0 atom stereocenters. The number of rotatable bonds is 20. The molecule has 0 fully saturated rings. The van der Waals surface area contributed by atoms with Gasteiger partial charge in [-0.25, -0.2) is 4.79 Å². The first kappa shape index (κ1) is 26.5. The van der Waals surface area contributed by atoms with E-state index in [9.17, 15) is 4.79 Å². The second-order valence-corrected chi connectivity index (χ2v) is 8.05. The first-order valence-electron chi connectivity index (χ1n) is 12.1. The van der Waals surface area contributed by atoms with E-state index in [1.165, 1.54) is 90.6 Å². The van der Waals surface area contributed by atoms with Crippen LogP contribution in [0.5, 0.6) is 5.75 Å². The number of ether oxygens (including phenoxy) is 1. The molecule has 0 heterocycles. The van der Waals surface area contributed by atoms with Gasteiger partial charge in [-0.2, -0.15) is 4.89 Å². The van der Waals surface area contributed by atoms with Gasteiger partial charge in [0.1, 0.15) is 11.3 Å². The number of carbonyl (C=O) groups is 1. The molecule has 0 aliphatic rings. The second kappa shape index (κ2) is 19.4. The van der Waals surface area contributed by atoms with Gasteiger partial charge in [0.2, 0.25) is 0 Å². The van der Waals surface area contributed by atoms with Crippen LogP contribution in [0.4, 0.5) is 0 Å². The van der Waals surface area contributed by atoms with Crippen molar-refractivity contribution in [2.75, 3.05) is 13.7 Å². The van der Waals surface area contributed by atoms with Gasteiger partial charge in [-0.3, -0.25) is 4.89 Å². The summed E-state index contributed by atoms with van der Waals surface area (Å²) in [5.74, 6) is -0.0204. The third kappa shape index (κ3) is 13.6. The Bertz CT molecular complexity index is 530. The van der Waals surface area contributed by atoms with Crippen molar-refractivity contribution in [3.05, 3.63) is 36.8 Å². The predicted molar refractivity (Wildman–Crippen MR) is 124 cm³/mol. The fourth-order valence-electron chi connectivity index (χ4n) is 3.59. The molecule has 1 rings (SSSR count). The molecule has 171 valence electrons. The van der Waals surface area contributed by atoms with E-state index in [0.717, 1.165) is 19.3 Å². The van der Waals surface area contributed by atoms with E-state index in [1.54, 1.807) is 18.2 Å². The number of hydrogen-bond acceptors (Lipinski definition) is 4. The average molecular weight is 420 g/mol. The molecule has 0 aromatic heterocycles. The zero-order valence-electron chi connectivity index (χ0n) is 19.2. The Morgan fingerprint density at radius 2 is 1.20 bits per heavy atom.